The fourth-order valence-electron chi connectivity index (χ4n) is 5.39. The topological polar surface area (TPSA) is 68.7 Å². The number of nitrogens with zero attached hydrogens (tertiary/aromatic N) is 4. The van der Waals surface area contributed by atoms with E-state index in [0.29, 0.717) is 26.5 Å². The van der Waals surface area contributed by atoms with Gasteiger partial charge in [0, 0.05) is 30.5 Å². The Morgan fingerprint density at radius 1 is 0.588 bits per heavy atom. The number of para-hydroxylation sites is 4. The van der Waals surface area contributed by atoms with E-state index in [2.05, 4.69) is 31.9 Å². The first-order valence-electron chi connectivity index (χ1n) is 10.6. The number of pyridine rings is 2. The third-order valence-electron chi connectivity index (χ3n) is 6.75. The quantitative estimate of drug-likeness (QED) is 0.214. The Morgan fingerprint density at radius 2 is 1.12 bits per heavy atom. The van der Waals surface area contributed by atoms with E-state index in [1.165, 1.54) is 0 Å². The Morgan fingerprint density at radius 3 is 1.82 bits per heavy atom. The highest BCUT2D eigenvalue weighted by molar-refractivity contribution is 9.11. The van der Waals surface area contributed by atoms with E-state index in [1.807, 2.05) is 54.6 Å². The summed E-state index contributed by atoms with van der Waals surface area (Å²) in [7, 11) is 0. The third-order valence-corrected chi connectivity index (χ3v) is 8.00. The molecule has 8 aromatic rings. The summed E-state index contributed by atoms with van der Waals surface area (Å²) in [6.07, 6.45) is 0. The lowest BCUT2D eigenvalue weighted by atomic mass is 9.96. The van der Waals surface area contributed by atoms with Gasteiger partial charge >= 0.3 is 0 Å². The first-order chi connectivity index (χ1) is 16.5. The third kappa shape index (κ3) is 2.03. The Labute approximate surface area is 206 Å². The Hall–Kier alpha value is -3.62. The number of fused-ring (bicyclic) bond motifs is 8. The van der Waals surface area contributed by atoms with Crippen molar-refractivity contribution < 1.29 is 0 Å². The minimum atomic E-state index is -0.172. The molecule has 0 radical (unpaired) electrons. The van der Waals surface area contributed by atoms with Gasteiger partial charge in [-0.1, -0.05) is 24.3 Å². The summed E-state index contributed by atoms with van der Waals surface area (Å²) in [5, 5.41) is 4.10. The second-order valence-corrected chi connectivity index (χ2v) is 10.1. The lowest BCUT2D eigenvalue weighted by Crippen LogP contribution is -2.17. The fraction of sp³-hybridized carbons (Fsp3) is 0. The van der Waals surface area contributed by atoms with Gasteiger partial charge in [-0.25, -0.2) is 9.97 Å². The monoisotopic (exact) mass is 568 g/mol. The number of imidazole rings is 2. The fourth-order valence-corrected chi connectivity index (χ4v) is 6.59. The van der Waals surface area contributed by atoms with Crippen molar-refractivity contribution in [1.82, 2.24) is 18.8 Å². The van der Waals surface area contributed by atoms with E-state index in [-0.39, 0.29) is 11.1 Å². The van der Waals surface area contributed by atoms with Crippen LogP contribution in [0.4, 0.5) is 0 Å². The Kier molecular flexibility index (Phi) is 3.36. The van der Waals surface area contributed by atoms with Crippen molar-refractivity contribution in [2.45, 2.75) is 0 Å². The van der Waals surface area contributed by atoms with Gasteiger partial charge in [-0.2, -0.15) is 0 Å². The van der Waals surface area contributed by atoms with Crippen LogP contribution in [0.25, 0.3) is 65.7 Å². The molecule has 0 amide bonds. The summed E-state index contributed by atoms with van der Waals surface area (Å²) in [4.78, 5) is 37.3. The van der Waals surface area contributed by atoms with E-state index in [1.54, 1.807) is 14.9 Å². The SMILES string of the molecule is O=c1c2c(Br)cc3c(=O)n4c5ccccc5nc4c4c(Br)cc(c2c34)c2nc3ccccc3n12. The van der Waals surface area contributed by atoms with Crippen LogP contribution in [-0.2, 0) is 0 Å². The lowest BCUT2D eigenvalue weighted by Gasteiger charge is -2.14. The summed E-state index contributed by atoms with van der Waals surface area (Å²) in [5.41, 5.74) is 3.79. The molecular weight excluding hydrogens is 560 g/mol. The highest BCUT2D eigenvalue weighted by atomic mass is 79.9. The van der Waals surface area contributed by atoms with E-state index in [4.69, 9.17) is 9.97 Å². The van der Waals surface area contributed by atoms with Crippen LogP contribution >= 0.6 is 31.9 Å². The zero-order valence-electron chi connectivity index (χ0n) is 17.1. The zero-order valence-corrected chi connectivity index (χ0v) is 20.3. The summed E-state index contributed by atoms with van der Waals surface area (Å²) >= 11 is 7.38. The minimum absolute atomic E-state index is 0.168. The smallest absolute Gasteiger partial charge is 0.265 e. The average molecular weight is 570 g/mol. The van der Waals surface area contributed by atoms with E-state index in [0.717, 1.165) is 48.1 Å². The second-order valence-electron chi connectivity index (χ2n) is 8.44. The van der Waals surface area contributed by atoms with Gasteiger partial charge in [-0.3, -0.25) is 18.4 Å². The largest absolute Gasteiger partial charge is 0.268 e. The summed E-state index contributed by atoms with van der Waals surface area (Å²) in [6.45, 7) is 0. The van der Waals surface area contributed by atoms with Gasteiger partial charge in [0.25, 0.3) is 11.1 Å². The molecule has 4 aromatic heterocycles. The van der Waals surface area contributed by atoms with Crippen LogP contribution in [0, 0.1) is 0 Å². The molecule has 6 nitrogen and oxygen atoms in total. The number of rotatable bonds is 0. The molecule has 0 atom stereocenters. The maximum atomic E-state index is 13.8. The number of hydrogen-bond acceptors (Lipinski definition) is 4. The van der Waals surface area contributed by atoms with Crippen molar-refractivity contribution >= 4 is 97.5 Å². The highest BCUT2D eigenvalue weighted by Gasteiger charge is 2.25. The van der Waals surface area contributed by atoms with Crippen LogP contribution in [0.15, 0.2) is 79.2 Å². The first-order valence-corrected chi connectivity index (χ1v) is 12.2. The van der Waals surface area contributed by atoms with Gasteiger partial charge in [0.1, 0.15) is 11.3 Å². The average Bonchev–Trinajstić information content (AvgIpc) is 3.41. The lowest BCUT2D eigenvalue weighted by molar-refractivity contribution is 1.18. The summed E-state index contributed by atoms with van der Waals surface area (Å²) in [6, 6.07) is 18.9. The number of benzene rings is 4. The molecule has 0 fully saturated rings. The van der Waals surface area contributed by atoms with Gasteiger partial charge in [0.2, 0.25) is 0 Å². The molecule has 0 saturated carbocycles. The first kappa shape index (κ1) is 18.8. The highest BCUT2D eigenvalue weighted by Crippen LogP contribution is 2.42. The number of aromatic nitrogens is 4. The maximum Gasteiger partial charge on any atom is 0.265 e. The molecule has 34 heavy (non-hydrogen) atoms. The molecular formula is C26H10Br2N4O2. The predicted octanol–water partition coefficient (Wildman–Crippen LogP) is 5.87. The van der Waals surface area contributed by atoms with Crippen LogP contribution < -0.4 is 11.1 Å². The predicted molar refractivity (Wildman–Crippen MR) is 142 cm³/mol. The van der Waals surface area contributed by atoms with Gasteiger partial charge in [-0.15, -0.1) is 0 Å². The maximum absolute atomic E-state index is 13.8. The van der Waals surface area contributed by atoms with Gasteiger partial charge in [0.05, 0.1) is 32.8 Å². The minimum Gasteiger partial charge on any atom is -0.268 e. The zero-order chi connectivity index (χ0) is 22.9. The molecule has 0 spiro atoms. The van der Waals surface area contributed by atoms with Crippen LogP contribution in [0.3, 0.4) is 0 Å². The van der Waals surface area contributed by atoms with Crippen molar-refractivity contribution in [1.29, 1.82) is 0 Å². The number of hydrogen-bond donors (Lipinski definition) is 0. The van der Waals surface area contributed by atoms with Crippen molar-refractivity contribution in [2.24, 2.45) is 0 Å². The Balaban J connectivity index is 1.79. The van der Waals surface area contributed by atoms with Crippen molar-refractivity contribution in [2.75, 3.05) is 0 Å². The standard InChI is InChI=1S/C26H10Br2N4O2/c27-13-9-11-19-20-12(25(33)32-18-8-4-2-6-16(18)30-24(32)21(13)20)10-14(28)22(19)26(34)31-17-7-3-1-5-15(17)29-23(11)31/h1-10H. The van der Waals surface area contributed by atoms with Gasteiger partial charge in [-0.05, 0) is 68.3 Å². The van der Waals surface area contributed by atoms with Crippen LogP contribution in [0.1, 0.15) is 0 Å². The van der Waals surface area contributed by atoms with E-state index < -0.39 is 0 Å². The molecule has 0 aliphatic carbocycles. The molecule has 0 aliphatic rings. The molecule has 0 bridgehead atoms. The number of halogens is 2. The summed E-state index contributed by atoms with van der Waals surface area (Å²) in [5.74, 6) is 0. The van der Waals surface area contributed by atoms with Crippen molar-refractivity contribution in [3.63, 3.8) is 0 Å². The molecule has 160 valence electrons. The Bertz CT molecular complexity index is 2290. The molecule has 0 aliphatic heterocycles. The van der Waals surface area contributed by atoms with E-state index >= 15 is 0 Å². The molecule has 0 unspecified atom stereocenters. The van der Waals surface area contributed by atoms with Crippen LogP contribution in [0.5, 0.6) is 0 Å². The van der Waals surface area contributed by atoms with Gasteiger partial charge < -0.3 is 0 Å². The molecule has 8 rings (SSSR count). The molecule has 4 heterocycles. The molecule has 0 N–H and O–H groups in total. The second kappa shape index (κ2) is 6.08. The summed E-state index contributed by atoms with van der Waals surface area (Å²) < 4.78 is 4.69. The van der Waals surface area contributed by atoms with Crippen molar-refractivity contribution in [3.05, 3.63) is 90.3 Å². The molecule has 0 saturated heterocycles. The molecule has 4 aromatic carbocycles. The van der Waals surface area contributed by atoms with E-state index in [9.17, 15) is 9.59 Å². The van der Waals surface area contributed by atoms with Gasteiger partial charge in [0.15, 0.2) is 0 Å². The van der Waals surface area contributed by atoms with Crippen molar-refractivity contribution in [3.8, 4) is 0 Å². The molecule has 8 heteroatoms. The normalized spacial score (nSPS) is 12.6. The van der Waals surface area contributed by atoms with Crippen LogP contribution in [-0.4, -0.2) is 18.8 Å². The van der Waals surface area contributed by atoms with Crippen LogP contribution in [0.2, 0.25) is 0 Å².